The Morgan fingerprint density at radius 1 is 0.875 bits per heavy atom. The minimum Gasteiger partial charge on any atom is -0.507 e. The normalized spacial score (nSPS) is 36.1. The highest BCUT2D eigenvalue weighted by molar-refractivity contribution is 6.53. The van der Waals surface area contributed by atoms with Crippen LogP contribution in [0.15, 0.2) is 48.0 Å². The van der Waals surface area contributed by atoms with E-state index in [1.165, 1.54) is 11.9 Å². The first-order valence-electron chi connectivity index (χ1n) is 14.1. The van der Waals surface area contributed by atoms with Crippen LogP contribution in [0.1, 0.15) is 56.4 Å². The second-order valence-corrected chi connectivity index (χ2v) is 13.3. The number of nitrogens with zero attached hydrogens (tertiary/aromatic N) is 2. The van der Waals surface area contributed by atoms with Crippen LogP contribution in [0, 0.1) is 17.8 Å². The third kappa shape index (κ3) is 3.14. The first-order chi connectivity index (χ1) is 19.1. The van der Waals surface area contributed by atoms with Gasteiger partial charge in [0, 0.05) is 24.4 Å². The SMILES string of the molecule is CN1C(=O)[C@]2(Cl)C[C@@H]3C(=CC[C@@H]4C(=O)N(C5CCCCC5)C(=O)[C@@H]43)[C@H](c3ccc(O)c4ccccc34)[C@]2(Cl)C1=O. The molecule has 40 heavy (non-hydrogen) atoms. The van der Waals surface area contributed by atoms with Gasteiger partial charge in [0.2, 0.25) is 11.8 Å². The van der Waals surface area contributed by atoms with Gasteiger partial charge in [-0.05, 0) is 48.6 Å². The minimum absolute atomic E-state index is 0.00991. The van der Waals surface area contributed by atoms with Crippen molar-refractivity contribution in [2.75, 3.05) is 7.05 Å². The molecule has 6 atom stereocenters. The number of rotatable bonds is 2. The molecule has 2 saturated carbocycles. The average Bonchev–Trinajstić information content (AvgIpc) is 3.29. The van der Waals surface area contributed by atoms with Crippen molar-refractivity contribution in [1.29, 1.82) is 0 Å². The van der Waals surface area contributed by atoms with E-state index in [1.54, 1.807) is 18.2 Å². The van der Waals surface area contributed by atoms with E-state index in [4.69, 9.17) is 23.2 Å². The van der Waals surface area contributed by atoms with Gasteiger partial charge >= 0.3 is 0 Å². The van der Waals surface area contributed by atoms with Crippen molar-refractivity contribution in [3.05, 3.63) is 53.6 Å². The fourth-order valence-electron chi connectivity index (χ4n) is 8.37. The summed E-state index contributed by atoms with van der Waals surface area (Å²) in [6, 6.07) is 10.5. The van der Waals surface area contributed by atoms with Gasteiger partial charge in [0.25, 0.3) is 11.8 Å². The summed E-state index contributed by atoms with van der Waals surface area (Å²) in [6.07, 6.45) is 7.01. The van der Waals surface area contributed by atoms with Crippen LogP contribution in [-0.2, 0) is 19.2 Å². The zero-order valence-electron chi connectivity index (χ0n) is 22.1. The molecule has 2 heterocycles. The quantitative estimate of drug-likeness (QED) is 0.311. The van der Waals surface area contributed by atoms with Crippen molar-refractivity contribution in [3.63, 3.8) is 0 Å². The Morgan fingerprint density at radius 3 is 2.30 bits per heavy atom. The molecule has 7 nitrogen and oxygen atoms in total. The third-order valence-electron chi connectivity index (χ3n) is 10.2. The number of likely N-dealkylation sites (tertiary alicyclic amines) is 2. The molecule has 0 radical (unpaired) electrons. The Morgan fingerprint density at radius 2 is 1.57 bits per heavy atom. The summed E-state index contributed by atoms with van der Waals surface area (Å²) >= 11 is 14.6. The van der Waals surface area contributed by atoms with Crippen LogP contribution < -0.4 is 0 Å². The molecular weight excluding hydrogens is 551 g/mol. The van der Waals surface area contributed by atoms with Gasteiger partial charge in [0.1, 0.15) is 5.75 Å². The summed E-state index contributed by atoms with van der Waals surface area (Å²) in [5.74, 6) is -3.99. The lowest BCUT2D eigenvalue weighted by atomic mass is 9.56. The van der Waals surface area contributed by atoms with Gasteiger partial charge in [-0.1, -0.05) is 61.2 Å². The van der Waals surface area contributed by atoms with Gasteiger partial charge in [0.15, 0.2) is 9.75 Å². The summed E-state index contributed by atoms with van der Waals surface area (Å²) in [4.78, 5) is 54.1. The number of amides is 4. The predicted molar refractivity (Wildman–Crippen MR) is 150 cm³/mol. The van der Waals surface area contributed by atoms with Crippen molar-refractivity contribution < 1.29 is 24.3 Å². The molecule has 0 bridgehead atoms. The Hall–Kier alpha value is -2.90. The molecule has 2 aromatic carbocycles. The molecule has 1 N–H and O–H groups in total. The number of alkyl halides is 2. The van der Waals surface area contributed by atoms with Gasteiger partial charge in [-0.2, -0.15) is 0 Å². The fourth-order valence-corrected chi connectivity index (χ4v) is 9.38. The standard InChI is InChI=1S/C31H30Cl2N2O5/c1-34-28(39)30(32)15-22-20(11-12-21-24(22)27(38)35(26(21)37)16-7-3-2-4-8-16)25(31(30,33)29(34)40)19-13-14-23(36)18-10-6-5-9-17(18)19/h5-6,9-11,13-14,16,21-22,24-25,36H,2-4,7-8,12,15H2,1H3/t21-,22+,24-,25-,30+,31-/m0/s1. The summed E-state index contributed by atoms with van der Waals surface area (Å²) in [5, 5.41) is 11.9. The Labute approximate surface area is 242 Å². The Bertz CT molecular complexity index is 1530. The predicted octanol–water partition coefficient (Wildman–Crippen LogP) is 4.87. The molecule has 2 aromatic rings. The number of phenolic OH excluding ortho intramolecular Hbond substituents is 1. The highest BCUT2D eigenvalue weighted by Crippen LogP contribution is 2.66. The van der Waals surface area contributed by atoms with Crippen LogP contribution in [0.25, 0.3) is 10.8 Å². The van der Waals surface area contributed by atoms with Crippen LogP contribution in [0.5, 0.6) is 5.75 Å². The van der Waals surface area contributed by atoms with E-state index in [2.05, 4.69) is 0 Å². The molecule has 0 aromatic heterocycles. The molecule has 5 aliphatic rings. The molecule has 2 aliphatic heterocycles. The maximum Gasteiger partial charge on any atom is 0.253 e. The summed E-state index contributed by atoms with van der Waals surface area (Å²) < 4.78 is 0. The number of hydrogen-bond acceptors (Lipinski definition) is 5. The van der Waals surface area contributed by atoms with Crippen LogP contribution >= 0.6 is 23.2 Å². The maximum absolute atomic E-state index is 14.1. The van der Waals surface area contributed by atoms with Crippen molar-refractivity contribution in [3.8, 4) is 5.75 Å². The fraction of sp³-hybridized carbons (Fsp3) is 0.484. The zero-order valence-corrected chi connectivity index (χ0v) is 23.6. The minimum atomic E-state index is -1.84. The lowest BCUT2D eigenvalue weighted by Gasteiger charge is -2.51. The number of carbonyl (C=O) groups excluding carboxylic acids is 4. The number of imide groups is 2. The van der Waals surface area contributed by atoms with Crippen molar-refractivity contribution in [1.82, 2.24) is 9.80 Å². The van der Waals surface area contributed by atoms with Gasteiger partial charge < -0.3 is 5.11 Å². The highest BCUT2D eigenvalue weighted by Gasteiger charge is 2.76. The molecule has 208 valence electrons. The van der Waals surface area contributed by atoms with E-state index in [0.29, 0.717) is 22.8 Å². The number of aromatic hydroxyl groups is 1. The Kier molecular flexibility index (Phi) is 5.72. The van der Waals surface area contributed by atoms with Gasteiger partial charge in [0.05, 0.1) is 11.8 Å². The average molecular weight is 581 g/mol. The Balaban J connectivity index is 1.42. The topological polar surface area (TPSA) is 95.0 Å². The van der Waals surface area contributed by atoms with E-state index >= 15 is 0 Å². The molecule has 0 unspecified atom stereocenters. The van der Waals surface area contributed by atoms with E-state index in [1.807, 2.05) is 24.3 Å². The number of halogens is 2. The third-order valence-corrected chi connectivity index (χ3v) is 11.6. The van der Waals surface area contributed by atoms with Crippen molar-refractivity contribution in [2.45, 2.75) is 66.7 Å². The molecule has 4 amide bonds. The molecule has 9 heteroatoms. The number of benzene rings is 2. The second kappa shape index (κ2) is 8.80. The first kappa shape index (κ1) is 26.0. The van der Waals surface area contributed by atoms with E-state index in [-0.39, 0.29) is 30.0 Å². The number of allylic oxidation sites excluding steroid dienone is 2. The monoisotopic (exact) mass is 580 g/mol. The number of carbonyl (C=O) groups is 4. The van der Waals surface area contributed by atoms with Gasteiger partial charge in [-0.15, -0.1) is 23.2 Å². The second-order valence-electron chi connectivity index (χ2n) is 12.1. The maximum atomic E-state index is 14.1. The number of fused-ring (bicyclic) bond motifs is 5. The molecular formula is C31H30Cl2N2O5. The molecule has 4 fully saturated rings. The molecule has 2 saturated heterocycles. The van der Waals surface area contributed by atoms with Crippen molar-refractivity contribution in [2.24, 2.45) is 17.8 Å². The molecule has 7 rings (SSSR count). The van der Waals surface area contributed by atoms with Crippen LogP contribution in [0.2, 0.25) is 0 Å². The summed E-state index contributed by atoms with van der Waals surface area (Å²) in [5.41, 5.74) is 1.42. The smallest absolute Gasteiger partial charge is 0.253 e. The zero-order chi connectivity index (χ0) is 28.1. The van der Waals surface area contributed by atoms with E-state index in [9.17, 15) is 24.3 Å². The highest BCUT2D eigenvalue weighted by atomic mass is 35.5. The van der Waals surface area contributed by atoms with Crippen LogP contribution in [0.4, 0.5) is 0 Å². The van der Waals surface area contributed by atoms with Crippen LogP contribution in [-0.4, -0.2) is 61.4 Å². The summed E-state index contributed by atoms with van der Waals surface area (Å²) in [6.45, 7) is 0. The largest absolute Gasteiger partial charge is 0.507 e. The van der Waals surface area contributed by atoms with Gasteiger partial charge in [-0.3, -0.25) is 29.0 Å². The lowest BCUT2D eigenvalue weighted by Crippen LogP contribution is -2.60. The van der Waals surface area contributed by atoms with Crippen LogP contribution in [0.3, 0.4) is 0 Å². The number of hydrogen-bond donors (Lipinski definition) is 1. The summed E-state index contributed by atoms with van der Waals surface area (Å²) in [7, 11) is 1.39. The molecule has 3 aliphatic carbocycles. The van der Waals surface area contributed by atoms with Crippen molar-refractivity contribution >= 4 is 57.6 Å². The van der Waals surface area contributed by atoms with E-state index in [0.717, 1.165) is 42.6 Å². The number of phenols is 1. The first-order valence-corrected chi connectivity index (χ1v) is 14.8. The lowest BCUT2D eigenvalue weighted by molar-refractivity contribution is -0.144. The van der Waals surface area contributed by atoms with E-state index < -0.39 is 45.2 Å². The van der Waals surface area contributed by atoms with Gasteiger partial charge in [-0.25, -0.2) is 0 Å². The molecule has 0 spiro atoms.